The summed E-state index contributed by atoms with van der Waals surface area (Å²) in [6.45, 7) is 2.63. The molecule has 0 bridgehead atoms. The summed E-state index contributed by atoms with van der Waals surface area (Å²) in [7, 11) is 0. The van der Waals surface area contributed by atoms with Crippen molar-refractivity contribution in [3.63, 3.8) is 0 Å². The van der Waals surface area contributed by atoms with Gasteiger partial charge in [-0.3, -0.25) is 0 Å². The number of nitrogens with two attached hydrogens (primary N) is 2. The van der Waals surface area contributed by atoms with Crippen molar-refractivity contribution >= 4 is 23.4 Å². The van der Waals surface area contributed by atoms with E-state index >= 15 is 0 Å². The van der Waals surface area contributed by atoms with E-state index in [1.54, 1.807) is 6.07 Å². The van der Waals surface area contributed by atoms with Gasteiger partial charge in [0.2, 0.25) is 0 Å². The van der Waals surface area contributed by atoms with Crippen LogP contribution in [0.3, 0.4) is 0 Å². The Morgan fingerprint density at radius 3 is 2.32 bits per heavy atom. The zero-order valence-electron chi connectivity index (χ0n) is 10.7. The Morgan fingerprint density at radius 2 is 1.74 bits per heavy atom. The van der Waals surface area contributed by atoms with Crippen LogP contribution in [0.5, 0.6) is 5.75 Å². The lowest BCUT2D eigenvalue weighted by Gasteiger charge is -2.05. The van der Waals surface area contributed by atoms with Gasteiger partial charge in [0.05, 0.1) is 6.61 Å². The van der Waals surface area contributed by atoms with Gasteiger partial charge in [-0.15, -0.1) is 0 Å². The molecule has 100 valence electrons. The lowest BCUT2D eigenvalue weighted by molar-refractivity contribution is 0.340. The van der Waals surface area contributed by atoms with Gasteiger partial charge in [-0.25, -0.2) is 9.97 Å². The number of nitrogen functional groups attached to an aromatic ring is 2. The first-order chi connectivity index (χ1) is 9.17. The normalized spacial score (nSPS) is 10.4. The quantitative estimate of drug-likeness (QED) is 0.644. The van der Waals surface area contributed by atoms with Gasteiger partial charge in [0, 0.05) is 11.8 Å². The van der Waals surface area contributed by atoms with Crippen molar-refractivity contribution in [3.05, 3.63) is 35.9 Å². The van der Waals surface area contributed by atoms with E-state index in [9.17, 15) is 0 Å². The molecule has 1 aromatic heterocycles. The largest absolute Gasteiger partial charge is 0.494 e. The fourth-order valence-corrected chi connectivity index (χ4v) is 2.35. The van der Waals surface area contributed by atoms with Gasteiger partial charge in [0.1, 0.15) is 17.4 Å². The zero-order chi connectivity index (χ0) is 13.7. The molecule has 4 N–H and O–H groups in total. The van der Waals surface area contributed by atoms with Crippen LogP contribution in [0, 0.1) is 0 Å². The van der Waals surface area contributed by atoms with Crippen LogP contribution in [0.25, 0.3) is 0 Å². The monoisotopic (exact) mass is 276 g/mol. The molecule has 0 atom stereocenters. The van der Waals surface area contributed by atoms with Crippen LogP contribution in [-0.2, 0) is 5.75 Å². The van der Waals surface area contributed by atoms with Crippen molar-refractivity contribution < 1.29 is 4.74 Å². The number of nitrogens with zero attached hydrogens (tertiary/aromatic N) is 2. The van der Waals surface area contributed by atoms with Crippen LogP contribution in [0.2, 0.25) is 0 Å². The maximum Gasteiger partial charge on any atom is 0.191 e. The Labute approximate surface area is 116 Å². The lowest BCUT2D eigenvalue weighted by atomic mass is 10.2. The number of thioether (sulfide) groups is 1. The van der Waals surface area contributed by atoms with Crippen molar-refractivity contribution in [1.82, 2.24) is 9.97 Å². The first-order valence-corrected chi connectivity index (χ1v) is 6.90. The molecule has 1 heterocycles. The molecule has 6 heteroatoms. The Hall–Kier alpha value is -1.95. The average Bonchev–Trinajstić information content (AvgIpc) is 2.37. The second-order valence-corrected chi connectivity index (χ2v) is 4.81. The summed E-state index contributed by atoms with van der Waals surface area (Å²) in [6, 6.07) is 9.49. The van der Waals surface area contributed by atoms with Crippen LogP contribution in [-0.4, -0.2) is 16.6 Å². The predicted octanol–water partition coefficient (Wildman–Crippen LogP) is 2.33. The SMILES string of the molecule is CCOc1ccc(CSc2nc(N)cc(N)n2)cc1. The molecule has 2 rings (SSSR count). The minimum atomic E-state index is 0.390. The molecule has 1 aromatic carbocycles. The van der Waals surface area contributed by atoms with Crippen molar-refractivity contribution in [1.29, 1.82) is 0 Å². The van der Waals surface area contributed by atoms with E-state index in [1.165, 1.54) is 11.8 Å². The summed E-state index contributed by atoms with van der Waals surface area (Å²) in [5.74, 6) is 2.42. The van der Waals surface area contributed by atoms with E-state index in [4.69, 9.17) is 16.2 Å². The third kappa shape index (κ3) is 4.03. The third-order valence-electron chi connectivity index (χ3n) is 2.35. The van der Waals surface area contributed by atoms with Crippen LogP contribution >= 0.6 is 11.8 Å². The number of aromatic nitrogens is 2. The Balaban J connectivity index is 1.98. The summed E-state index contributed by atoms with van der Waals surface area (Å²) in [4.78, 5) is 8.24. The van der Waals surface area contributed by atoms with Gasteiger partial charge in [0.25, 0.3) is 0 Å². The van der Waals surface area contributed by atoms with E-state index in [-0.39, 0.29) is 0 Å². The molecular weight excluding hydrogens is 260 g/mol. The minimum absolute atomic E-state index is 0.390. The number of anilines is 2. The highest BCUT2D eigenvalue weighted by molar-refractivity contribution is 7.98. The Morgan fingerprint density at radius 1 is 1.11 bits per heavy atom. The third-order valence-corrected chi connectivity index (χ3v) is 3.27. The fourth-order valence-electron chi connectivity index (χ4n) is 1.52. The van der Waals surface area contributed by atoms with Gasteiger partial charge in [0.15, 0.2) is 5.16 Å². The van der Waals surface area contributed by atoms with Gasteiger partial charge in [-0.2, -0.15) is 0 Å². The molecule has 19 heavy (non-hydrogen) atoms. The summed E-state index contributed by atoms with van der Waals surface area (Å²) >= 11 is 1.50. The fraction of sp³-hybridized carbons (Fsp3) is 0.231. The van der Waals surface area contributed by atoms with Crippen molar-refractivity contribution in [2.45, 2.75) is 17.8 Å². The minimum Gasteiger partial charge on any atom is -0.494 e. The molecule has 5 nitrogen and oxygen atoms in total. The highest BCUT2D eigenvalue weighted by atomic mass is 32.2. The second kappa shape index (κ2) is 6.29. The van der Waals surface area contributed by atoms with Gasteiger partial charge >= 0.3 is 0 Å². The molecule has 0 fully saturated rings. The molecule has 0 aliphatic rings. The number of ether oxygens (including phenoxy) is 1. The summed E-state index contributed by atoms with van der Waals surface area (Å²) in [5, 5.41) is 0.589. The standard InChI is InChI=1S/C13H16N4OS/c1-2-18-10-5-3-9(4-6-10)8-19-13-16-11(14)7-12(15)17-13/h3-7H,2,8H2,1H3,(H4,14,15,16,17). The van der Waals surface area contributed by atoms with Crippen molar-refractivity contribution in [3.8, 4) is 5.75 Å². The van der Waals surface area contributed by atoms with E-state index in [2.05, 4.69) is 9.97 Å². The first-order valence-electron chi connectivity index (χ1n) is 5.92. The maximum absolute atomic E-state index is 5.62. The number of benzene rings is 1. The maximum atomic E-state index is 5.62. The highest BCUT2D eigenvalue weighted by Gasteiger charge is 2.02. The summed E-state index contributed by atoms with van der Waals surface area (Å²) in [6.07, 6.45) is 0. The van der Waals surface area contributed by atoms with E-state index in [1.807, 2.05) is 31.2 Å². The van der Waals surface area contributed by atoms with Crippen molar-refractivity contribution in [2.24, 2.45) is 0 Å². The molecule has 0 amide bonds. The van der Waals surface area contributed by atoms with Crippen LogP contribution in [0.1, 0.15) is 12.5 Å². The zero-order valence-corrected chi connectivity index (χ0v) is 11.5. The molecule has 0 aliphatic heterocycles. The van der Waals surface area contributed by atoms with Crippen LogP contribution in [0.15, 0.2) is 35.5 Å². The Bertz CT molecular complexity index is 525. The molecule has 0 radical (unpaired) electrons. The van der Waals surface area contributed by atoms with E-state index in [0.29, 0.717) is 23.4 Å². The smallest absolute Gasteiger partial charge is 0.191 e. The second-order valence-electron chi connectivity index (χ2n) is 3.87. The van der Waals surface area contributed by atoms with E-state index < -0.39 is 0 Å². The molecule has 0 unspecified atom stereocenters. The highest BCUT2D eigenvalue weighted by Crippen LogP contribution is 2.22. The summed E-state index contributed by atoms with van der Waals surface area (Å²) < 4.78 is 5.39. The van der Waals surface area contributed by atoms with Crippen LogP contribution in [0.4, 0.5) is 11.6 Å². The van der Waals surface area contributed by atoms with Crippen LogP contribution < -0.4 is 16.2 Å². The lowest BCUT2D eigenvalue weighted by Crippen LogP contribution is -1.99. The Kier molecular flexibility index (Phi) is 4.46. The average molecular weight is 276 g/mol. The topological polar surface area (TPSA) is 87.0 Å². The number of hydrogen-bond donors (Lipinski definition) is 2. The molecule has 2 aromatic rings. The van der Waals surface area contributed by atoms with Gasteiger partial charge < -0.3 is 16.2 Å². The summed E-state index contributed by atoms with van der Waals surface area (Å²) in [5.41, 5.74) is 12.4. The molecule has 0 saturated heterocycles. The van der Waals surface area contributed by atoms with Crippen molar-refractivity contribution in [2.75, 3.05) is 18.1 Å². The molecular formula is C13H16N4OS. The molecule has 0 aliphatic carbocycles. The predicted molar refractivity (Wildman–Crippen MR) is 78.0 cm³/mol. The molecule has 0 saturated carbocycles. The van der Waals surface area contributed by atoms with E-state index in [0.717, 1.165) is 17.1 Å². The van der Waals surface area contributed by atoms with Gasteiger partial charge in [-0.1, -0.05) is 23.9 Å². The van der Waals surface area contributed by atoms with Gasteiger partial charge in [-0.05, 0) is 24.6 Å². The number of rotatable bonds is 5. The molecule has 0 spiro atoms. The number of hydrogen-bond acceptors (Lipinski definition) is 6. The first kappa shape index (κ1) is 13.5.